The Kier molecular flexibility index (Phi) is 6.61. The van der Waals surface area contributed by atoms with Gasteiger partial charge in [0.15, 0.2) is 0 Å². The van der Waals surface area contributed by atoms with Crippen LogP contribution < -0.4 is 4.90 Å². The van der Waals surface area contributed by atoms with E-state index in [4.69, 9.17) is 0 Å². The summed E-state index contributed by atoms with van der Waals surface area (Å²) in [5.41, 5.74) is 23.1. The number of aromatic nitrogens is 1. The van der Waals surface area contributed by atoms with Crippen LogP contribution in [0.2, 0.25) is 0 Å². The number of hydrogen-bond acceptors (Lipinski definition) is 1. The summed E-state index contributed by atoms with van der Waals surface area (Å²) in [6.07, 6.45) is 6.48. The van der Waals surface area contributed by atoms with Gasteiger partial charge in [-0.15, -0.1) is 0 Å². The molecule has 0 N–H and O–H groups in total. The molecule has 11 rings (SSSR count). The van der Waals surface area contributed by atoms with E-state index < -0.39 is 0 Å². The molecule has 4 aliphatic rings. The van der Waals surface area contributed by atoms with Crippen LogP contribution in [-0.2, 0) is 21.7 Å². The van der Waals surface area contributed by atoms with Crippen LogP contribution in [0.25, 0.3) is 44.2 Å². The summed E-state index contributed by atoms with van der Waals surface area (Å²) in [4.78, 5) is 2.55. The molecule has 2 nitrogen and oxygen atoms in total. The highest BCUT2D eigenvalue weighted by Gasteiger charge is 2.44. The monoisotopic (exact) mass is 738 g/mol. The van der Waals surface area contributed by atoms with Gasteiger partial charge in [0.25, 0.3) is 0 Å². The topological polar surface area (TPSA) is 8.17 Å². The van der Waals surface area contributed by atoms with Crippen molar-refractivity contribution in [1.29, 1.82) is 0 Å². The summed E-state index contributed by atoms with van der Waals surface area (Å²) >= 11 is 0. The number of anilines is 3. The van der Waals surface area contributed by atoms with Gasteiger partial charge in [-0.25, -0.2) is 0 Å². The average Bonchev–Trinajstić information content (AvgIpc) is 3.73. The zero-order chi connectivity index (χ0) is 39.6. The van der Waals surface area contributed by atoms with E-state index in [0.717, 1.165) is 5.69 Å². The van der Waals surface area contributed by atoms with E-state index in [2.05, 4.69) is 200 Å². The van der Waals surface area contributed by atoms with E-state index in [-0.39, 0.29) is 21.7 Å². The Morgan fingerprint density at radius 1 is 0.491 bits per heavy atom. The molecule has 0 bridgehead atoms. The summed E-state index contributed by atoms with van der Waals surface area (Å²) in [5.74, 6) is 0. The van der Waals surface area contributed by atoms with Crippen molar-refractivity contribution in [2.75, 3.05) is 4.90 Å². The zero-order valence-corrected chi connectivity index (χ0v) is 34.7. The van der Waals surface area contributed by atoms with Crippen molar-refractivity contribution >= 4 is 44.4 Å². The molecular weight excluding hydrogens is 689 g/mol. The Labute approximate surface area is 337 Å². The van der Waals surface area contributed by atoms with Crippen molar-refractivity contribution in [2.45, 2.75) is 84.0 Å². The molecule has 2 aliphatic heterocycles. The van der Waals surface area contributed by atoms with Gasteiger partial charge >= 0.3 is 0 Å². The second-order valence-corrected chi connectivity index (χ2v) is 19.0. The van der Waals surface area contributed by atoms with E-state index >= 15 is 0 Å². The summed E-state index contributed by atoms with van der Waals surface area (Å²) in [6, 6.07) is 42.3. The van der Waals surface area contributed by atoms with Gasteiger partial charge in [0.1, 0.15) is 0 Å². The SMILES string of the molecule is C=CC1=C(/C=C\C)C(C)(C)c2cc(N(c3ccc4c(c3)C(C)(C)c3ccccc3-4)c3cc4c5c(c3)c3cccc6c3n5-c3c(cccc3C4(C)C)C6(C)C)ccc21. The summed E-state index contributed by atoms with van der Waals surface area (Å²) in [5, 5.41) is 2.64. The molecule has 6 aromatic carbocycles. The minimum atomic E-state index is -0.227. The summed E-state index contributed by atoms with van der Waals surface area (Å²) in [7, 11) is 0. The van der Waals surface area contributed by atoms with Crippen LogP contribution in [0.1, 0.15) is 107 Å². The molecule has 0 saturated carbocycles. The molecule has 57 heavy (non-hydrogen) atoms. The first-order valence-corrected chi connectivity index (χ1v) is 20.7. The number of benzene rings is 6. The second-order valence-electron chi connectivity index (χ2n) is 19.0. The van der Waals surface area contributed by atoms with E-state index in [1.54, 1.807) is 0 Å². The van der Waals surface area contributed by atoms with Crippen LogP contribution in [0.15, 0.2) is 140 Å². The maximum absolute atomic E-state index is 4.28. The molecule has 0 amide bonds. The Morgan fingerprint density at radius 2 is 1.04 bits per heavy atom. The largest absolute Gasteiger partial charge is 0.310 e. The number of allylic oxidation sites excluding steroid dienone is 5. The highest BCUT2D eigenvalue weighted by atomic mass is 15.1. The fourth-order valence-corrected chi connectivity index (χ4v) is 11.6. The van der Waals surface area contributed by atoms with E-state index in [9.17, 15) is 0 Å². The first-order chi connectivity index (χ1) is 27.2. The van der Waals surface area contributed by atoms with E-state index in [1.165, 1.54) is 106 Å². The van der Waals surface area contributed by atoms with E-state index in [1.807, 2.05) is 6.08 Å². The summed E-state index contributed by atoms with van der Waals surface area (Å²) < 4.78 is 2.63. The first-order valence-electron chi connectivity index (χ1n) is 20.7. The maximum atomic E-state index is 4.28. The Balaban J connectivity index is 1.22. The van der Waals surface area contributed by atoms with Crippen molar-refractivity contribution in [3.8, 4) is 16.8 Å². The molecule has 280 valence electrons. The van der Waals surface area contributed by atoms with Gasteiger partial charge in [0, 0.05) is 49.5 Å². The van der Waals surface area contributed by atoms with Crippen molar-refractivity contribution in [3.05, 3.63) is 184 Å². The highest BCUT2D eigenvalue weighted by molar-refractivity contribution is 6.15. The van der Waals surface area contributed by atoms with Crippen LogP contribution >= 0.6 is 0 Å². The lowest BCUT2D eigenvalue weighted by molar-refractivity contribution is 0.593. The maximum Gasteiger partial charge on any atom is 0.0583 e. The molecule has 0 radical (unpaired) electrons. The van der Waals surface area contributed by atoms with Crippen molar-refractivity contribution in [3.63, 3.8) is 0 Å². The predicted octanol–water partition coefficient (Wildman–Crippen LogP) is 14.6. The van der Waals surface area contributed by atoms with Crippen LogP contribution in [0.5, 0.6) is 0 Å². The van der Waals surface area contributed by atoms with Crippen LogP contribution in [0.4, 0.5) is 17.1 Å². The van der Waals surface area contributed by atoms with Gasteiger partial charge in [0.05, 0.1) is 16.7 Å². The lowest BCUT2D eigenvalue weighted by Crippen LogP contribution is -2.33. The second kappa shape index (κ2) is 11.0. The van der Waals surface area contributed by atoms with Crippen LogP contribution in [-0.4, -0.2) is 4.57 Å². The molecular formula is C55H50N2. The molecule has 3 heterocycles. The number of para-hydroxylation sites is 2. The first kappa shape index (κ1) is 34.4. The van der Waals surface area contributed by atoms with Crippen molar-refractivity contribution in [2.24, 2.45) is 0 Å². The standard InChI is InChI=1S/C55H50N2/c1-11-17-41-35(12-2)37-26-24-32(29-46(37)52(41,3)4)56(33-25-27-38-36-18-13-14-20-42(36)53(5,6)47(38)30-33)34-28-40-39-19-15-21-43-49(39)57-50(40)48(31-34)55(9,10)45-23-16-22-44(51(45)57)54(43,7)8/h11-31H,2H2,1,3-10H3/b17-11-. The smallest absolute Gasteiger partial charge is 0.0583 e. The molecule has 0 atom stereocenters. The number of fused-ring (bicyclic) bond motifs is 5. The fraction of sp³-hybridized carbons (Fsp3) is 0.236. The number of nitrogens with zero attached hydrogens (tertiary/aromatic N) is 2. The third kappa shape index (κ3) is 4.11. The number of rotatable bonds is 5. The predicted molar refractivity (Wildman–Crippen MR) is 242 cm³/mol. The van der Waals surface area contributed by atoms with Gasteiger partial charge in [-0.05, 0) is 110 Å². The number of hydrogen-bond donors (Lipinski definition) is 0. The van der Waals surface area contributed by atoms with Gasteiger partial charge in [0.2, 0.25) is 0 Å². The van der Waals surface area contributed by atoms with E-state index in [0.29, 0.717) is 0 Å². The molecule has 2 aliphatic carbocycles. The minimum Gasteiger partial charge on any atom is -0.310 e. The molecule has 1 aromatic heterocycles. The summed E-state index contributed by atoms with van der Waals surface area (Å²) in [6.45, 7) is 25.6. The van der Waals surface area contributed by atoms with Crippen LogP contribution in [0, 0.1) is 0 Å². The third-order valence-corrected chi connectivity index (χ3v) is 14.6. The van der Waals surface area contributed by atoms with Gasteiger partial charge in [-0.1, -0.05) is 153 Å². The molecule has 7 aromatic rings. The van der Waals surface area contributed by atoms with Crippen molar-refractivity contribution < 1.29 is 0 Å². The normalized spacial score (nSPS) is 18.1. The highest BCUT2D eigenvalue weighted by Crippen LogP contribution is 2.58. The Morgan fingerprint density at radius 3 is 1.74 bits per heavy atom. The third-order valence-electron chi connectivity index (χ3n) is 14.6. The van der Waals surface area contributed by atoms with Gasteiger partial charge in [-0.3, -0.25) is 0 Å². The molecule has 2 heteroatoms. The molecule has 0 spiro atoms. The Bertz CT molecular complexity index is 3040. The molecule has 0 unspecified atom stereocenters. The molecule has 0 saturated heterocycles. The lowest BCUT2D eigenvalue weighted by Gasteiger charge is -2.42. The molecule has 0 fully saturated rings. The fourth-order valence-electron chi connectivity index (χ4n) is 11.6. The van der Waals surface area contributed by atoms with Crippen molar-refractivity contribution in [1.82, 2.24) is 4.57 Å². The Hall–Kier alpha value is -5.86. The minimum absolute atomic E-state index is 0.117. The quantitative estimate of drug-likeness (QED) is 0.171. The van der Waals surface area contributed by atoms with Gasteiger partial charge in [-0.2, -0.15) is 0 Å². The lowest BCUT2D eigenvalue weighted by atomic mass is 9.68. The van der Waals surface area contributed by atoms with Gasteiger partial charge < -0.3 is 9.47 Å². The van der Waals surface area contributed by atoms with Crippen LogP contribution in [0.3, 0.4) is 0 Å². The zero-order valence-electron chi connectivity index (χ0n) is 34.7. The average molecular weight is 739 g/mol.